The minimum atomic E-state index is -3.74. The van der Waals surface area contributed by atoms with Crippen LogP contribution in [-0.2, 0) is 32.8 Å². The van der Waals surface area contributed by atoms with Gasteiger partial charge in [0.2, 0.25) is 0 Å². The van der Waals surface area contributed by atoms with Gasteiger partial charge in [-0.25, -0.2) is 13.5 Å². The van der Waals surface area contributed by atoms with Crippen molar-refractivity contribution in [3.8, 4) is 22.5 Å². The number of tetrazole rings is 1. The van der Waals surface area contributed by atoms with Crippen molar-refractivity contribution < 1.29 is 12.6 Å². The van der Waals surface area contributed by atoms with Crippen molar-refractivity contribution >= 4 is 32.4 Å². The third-order valence-corrected chi connectivity index (χ3v) is 6.94. The number of fused-ring (bicyclic) bond motifs is 1. The molecule has 3 N–H and O–H groups in total. The van der Waals surface area contributed by atoms with E-state index in [1.807, 2.05) is 31.4 Å². The number of rotatable bonds is 6. The standard InChI is InChI=1S/C17H16N7O3S2/c1-24-9-11-8-10(2-4-13(11)21-24)12-3-5-14(29(26,27)7-6-18)16(28-25)15(12)17-19-22-23-20-17/h2-5,8-9H,6-7,18H2,1H3,(H,19,20,22,23)/q+1. The molecule has 0 spiro atoms. The van der Waals surface area contributed by atoms with Crippen molar-refractivity contribution in [2.75, 3.05) is 12.3 Å². The van der Waals surface area contributed by atoms with Gasteiger partial charge in [-0.05, 0) is 39.8 Å². The first kappa shape index (κ1) is 19.2. The molecule has 4 rings (SSSR count). The van der Waals surface area contributed by atoms with Crippen LogP contribution in [0.4, 0.5) is 0 Å². The van der Waals surface area contributed by atoms with Gasteiger partial charge in [-0.3, -0.25) is 4.68 Å². The molecule has 2 heterocycles. The van der Waals surface area contributed by atoms with Crippen molar-refractivity contribution in [3.05, 3.63) is 36.5 Å². The van der Waals surface area contributed by atoms with Gasteiger partial charge in [0, 0.05) is 29.4 Å². The van der Waals surface area contributed by atoms with Gasteiger partial charge in [-0.2, -0.15) is 5.10 Å². The fourth-order valence-corrected chi connectivity index (χ4v) is 5.33. The van der Waals surface area contributed by atoms with Crippen LogP contribution in [0, 0.1) is 0 Å². The van der Waals surface area contributed by atoms with Crippen LogP contribution in [0.5, 0.6) is 0 Å². The Balaban J connectivity index is 2.02. The maximum Gasteiger partial charge on any atom is 0.507 e. The van der Waals surface area contributed by atoms with E-state index in [1.54, 1.807) is 10.7 Å². The molecule has 29 heavy (non-hydrogen) atoms. The average Bonchev–Trinajstić information content (AvgIpc) is 3.34. The molecule has 0 bridgehead atoms. The van der Waals surface area contributed by atoms with Crippen molar-refractivity contribution in [2.24, 2.45) is 12.8 Å². The van der Waals surface area contributed by atoms with Crippen LogP contribution in [0.15, 0.2) is 46.3 Å². The lowest BCUT2D eigenvalue weighted by Gasteiger charge is -2.09. The molecule has 4 aromatic rings. The number of nitrogens with one attached hydrogen (secondary N) is 1. The Hall–Kier alpha value is -3.09. The highest BCUT2D eigenvalue weighted by Crippen LogP contribution is 2.37. The summed E-state index contributed by atoms with van der Waals surface area (Å²) in [6.07, 6.45) is 1.87. The summed E-state index contributed by atoms with van der Waals surface area (Å²) in [5.74, 6) is -0.0650. The first-order chi connectivity index (χ1) is 13.9. The van der Waals surface area contributed by atoms with Crippen molar-refractivity contribution in [2.45, 2.75) is 9.79 Å². The molecule has 0 aliphatic rings. The Morgan fingerprint density at radius 3 is 2.76 bits per heavy atom. The number of aromatic amines is 1. The van der Waals surface area contributed by atoms with Crippen LogP contribution in [-0.4, -0.2) is 51.1 Å². The van der Waals surface area contributed by atoms with Gasteiger partial charge in [0.1, 0.15) is 10.5 Å². The van der Waals surface area contributed by atoms with E-state index in [9.17, 15) is 12.6 Å². The lowest BCUT2D eigenvalue weighted by atomic mass is 9.98. The largest absolute Gasteiger partial charge is 0.507 e. The van der Waals surface area contributed by atoms with Gasteiger partial charge in [-0.1, -0.05) is 12.1 Å². The van der Waals surface area contributed by atoms with Gasteiger partial charge < -0.3 is 5.73 Å². The molecule has 0 aliphatic heterocycles. The van der Waals surface area contributed by atoms with Crippen LogP contribution < -0.4 is 5.73 Å². The molecule has 0 atom stereocenters. The van der Waals surface area contributed by atoms with Crippen LogP contribution in [0.1, 0.15) is 0 Å². The van der Waals surface area contributed by atoms with Gasteiger partial charge in [0.25, 0.3) is 0 Å². The van der Waals surface area contributed by atoms with Gasteiger partial charge in [-0.15, -0.1) is 5.10 Å². The first-order valence-electron chi connectivity index (χ1n) is 8.52. The van der Waals surface area contributed by atoms with Gasteiger partial charge >= 0.3 is 16.6 Å². The fourth-order valence-electron chi connectivity index (χ4n) is 3.21. The van der Waals surface area contributed by atoms with Crippen molar-refractivity contribution in [3.63, 3.8) is 0 Å². The van der Waals surface area contributed by atoms with E-state index in [4.69, 9.17) is 5.73 Å². The summed E-state index contributed by atoms with van der Waals surface area (Å²) in [5, 5.41) is 19.0. The molecule has 0 fully saturated rings. The van der Waals surface area contributed by atoms with E-state index in [0.717, 1.165) is 16.5 Å². The lowest BCUT2D eigenvalue weighted by molar-refractivity contribution is 0.590. The second-order valence-corrected chi connectivity index (χ2v) is 8.98. The van der Waals surface area contributed by atoms with Gasteiger partial charge in [0.05, 0.1) is 11.3 Å². The first-order valence-corrected chi connectivity index (χ1v) is 10.9. The number of sulfone groups is 1. The summed E-state index contributed by atoms with van der Waals surface area (Å²) in [5.41, 5.74) is 7.99. The van der Waals surface area contributed by atoms with Crippen LogP contribution in [0.2, 0.25) is 0 Å². The van der Waals surface area contributed by atoms with Crippen LogP contribution >= 0.6 is 0 Å². The maximum absolute atomic E-state index is 12.7. The average molecular weight is 430 g/mol. The zero-order chi connectivity index (χ0) is 20.6. The van der Waals surface area contributed by atoms with E-state index in [-0.39, 0.29) is 39.6 Å². The Kier molecular flexibility index (Phi) is 4.90. The number of benzene rings is 2. The topological polar surface area (TPSA) is 150 Å². The number of hydrogen-bond donors (Lipinski definition) is 2. The minimum absolute atomic E-state index is 0.0285. The Bertz CT molecular complexity index is 1310. The van der Waals surface area contributed by atoms with E-state index >= 15 is 0 Å². The molecule has 0 aliphatic carbocycles. The molecular formula is C17H16N7O3S2+. The molecule has 0 unspecified atom stereocenters. The van der Waals surface area contributed by atoms with E-state index in [2.05, 4.69) is 25.7 Å². The zero-order valence-corrected chi connectivity index (χ0v) is 16.9. The molecule has 2 aromatic heterocycles. The lowest BCUT2D eigenvalue weighted by Crippen LogP contribution is -2.17. The zero-order valence-electron chi connectivity index (χ0n) is 15.2. The number of hydrogen-bond acceptors (Lipinski definition) is 8. The summed E-state index contributed by atoms with van der Waals surface area (Å²) in [6.45, 7) is -0.0517. The minimum Gasteiger partial charge on any atom is -0.329 e. The summed E-state index contributed by atoms with van der Waals surface area (Å²) in [6, 6.07) is 8.71. The quantitative estimate of drug-likeness (QED) is 0.429. The number of H-pyrrole nitrogens is 1. The number of nitrogens with zero attached hydrogens (tertiary/aromatic N) is 5. The third-order valence-electron chi connectivity index (χ3n) is 4.44. The van der Waals surface area contributed by atoms with Crippen molar-refractivity contribution in [1.82, 2.24) is 30.4 Å². The second-order valence-electron chi connectivity index (χ2n) is 6.33. The third kappa shape index (κ3) is 3.41. The van der Waals surface area contributed by atoms with E-state index in [0.29, 0.717) is 11.1 Å². The molecule has 0 amide bonds. The van der Waals surface area contributed by atoms with E-state index < -0.39 is 9.84 Å². The Morgan fingerprint density at radius 1 is 1.24 bits per heavy atom. The van der Waals surface area contributed by atoms with E-state index in [1.165, 1.54) is 6.07 Å². The molecule has 0 saturated carbocycles. The number of aromatic nitrogens is 6. The molecular weight excluding hydrogens is 414 g/mol. The maximum atomic E-state index is 12.7. The molecule has 10 nitrogen and oxygen atoms in total. The molecule has 0 radical (unpaired) electrons. The van der Waals surface area contributed by atoms with Gasteiger partial charge in [0.15, 0.2) is 15.7 Å². The Morgan fingerprint density at radius 2 is 2.07 bits per heavy atom. The smallest absolute Gasteiger partial charge is 0.329 e. The molecule has 2 aromatic carbocycles. The fraction of sp³-hybridized carbons (Fsp3) is 0.176. The second kappa shape index (κ2) is 7.39. The highest BCUT2D eigenvalue weighted by molar-refractivity contribution is 7.91. The summed E-state index contributed by atoms with van der Waals surface area (Å²) in [7, 11) is -1.91. The monoisotopic (exact) mass is 430 g/mol. The molecule has 0 saturated heterocycles. The highest BCUT2D eigenvalue weighted by atomic mass is 32.2. The molecule has 148 valence electrons. The normalized spacial score (nSPS) is 11.8. The predicted octanol–water partition coefficient (Wildman–Crippen LogP) is 0.940. The molecule has 12 heteroatoms. The van der Waals surface area contributed by atoms with Crippen LogP contribution in [0.25, 0.3) is 33.4 Å². The summed E-state index contributed by atoms with van der Waals surface area (Å²) < 4.78 is 39.1. The summed E-state index contributed by atoms with van der Waals surface area (Å²) >= 11 is 0.0876. The van der Waals surface area contributed by atoms with Crippen LogP contribution in [0.3, 0.4) is 0 Å². The predicted molar refractivity (Wildman–Crippen MR) is 107 cm³/mol. The SMILES string of the molecule is Cn1cc2cc(-c3ccc(S(=O)(=O)CCN)c([S+]=O)c3-c3nnn[nH]3)ccc2n1. The number of aryl methyl sites for hydroxylation is 1. The van der Waals surface area contributed by atoms with Crippen molar-refractivity contribution in [1.29, 1.82) is 0 Å². The Labute approximate surface area is 169 Å². The number of nitrogens with two attached hydrogens (primary N) is 1. The highest BCUT2D eigenvalue weighted by Gasteiger charge is 2.33. The summed E-state index contributed by atoms with van der Waals surface area (Å²) in [4.78, 5) is -0.0543.